The summed E-state index contributed by atoms with van der Waals surface area (Å²) in [6.45, 7) is 7.11. The van der Waals surface area contributed by atoms with Crippen molar-refractivity contribution in [2.24, 2.45) is 10.2 Å². The third kappa shape index (κ3) is 14.3. The molecule has 12 nitrogen and oxygen atoms in total. The molecule has 0 amide bonds. The van der Waals surface area contributed by atoms with Crippen LogP contribution in [0.25, 0.3) is 20.9 Å². The largest absolute Gasteiger partial charge is 0.508 e. The predicted octanol–water partition coefficient (Wildman–Crippen LogP) is 5.03. The van der Waals surface area contributed by atoms with Crippen molar-refractivity contribution < 1.29 is 28.5 Å². The molecule has 158 valence electrons. The first-order valence-corrected chi connectivity index (χ1v) is 8.85. The quantitative estimate of drug-likeness (QED) is 0.138. The zero-order valence-electron chi connectivity index (χ0n) is 16.8. The molecule has 0 fully saturated rings. The summed E-state index contributed by atoms with van der Waals surface area (Å²) >= 11 is 0. The highest BCUT2D eigenvalue weighted by Crippen LogP contribution is 2.18. The van der Waals surface area contributed by atoms with Gasteiger partial charge in [-0.25, -0.2) is 9.59 Å². The van der Waals surface area contributed by atoms with Crippen LogP contribution < -0.4 is 0 Å². The summed E-state index contributed by atoms with van der Waals surface area (Å²) in [5, 5.41) is 6.82. The first kappa shape index (κ1) is 25.2. The predicted molar refractivity (Wildman–Crippen MR) is 99.5 cm³/mol. The van der Waals surface area contributed by atoms with Crippen molar-refractivity contribution in [2.75, 3.05) is 26.3 Å². The van der Waals surface area contributed by atoms with Gasteiger partial charge in [0.05, 0.1) is 0 Å². The third-order valence-electron chi connectivity index (χ3n) is 3.44. The second kappa shape index (κ2) is 13.3. The Kier molecular flexibility index (Phi) is 12.0. The minimum absolute atomic E-state index is 0.181. The van der Waals surface area contributed by atoms with Crippen LogP contribution in [-0.4, -0.2) is 49.8 Å². The third-order valence-corrected chi connectivity index (χ3v) is 3.44. The van der Waals surface area contributed by atoms with Gasteiger partial charge < -0.3 is 18.9 Å². The lowest BCUT2D eigenvalue weighted by Gasteiger charge is -2.25. The highest BCUT2D eigenvalue weighted by molar-refractivity contribution is 5.61. The van der Waals surface area contributed by atoms with Crippen LogP contribution in [-0.2, 0) is 18.9 Å². The number of hydrogen-bond donors (Lipinski definition) is 0. The molecular formula is C16H28N6O6. The van der Waals surface area contributed by atoms with Crippen molar-refractivity contribution in [3.05, 3.63) is 20.9 Å². The van der Waals surface area contributed by atoms with Crippen LogP contribution in [0.15, 0.2) is 10.2 Å². The second-order valence-corrected chi connectivity index (χ2v) is 7.04. The van der Waals surface area contributed by atoms with Crippen LogP contribution in [0.1, 0.15) is 53.4 Å². The van der Waals surface area contributed by atoms with E-state index in [2.05, 4.69) is 20.1 Å². The molecule has 12 heteroatoms. The molecule has 0 aliphatic heterocycles. The molecule has 0 heterocycles. The molecule has 0 N–H and O–H groups in total. The molecule has 28 heavy (non-hydrogen) atoms. The van der Waals surface area contributed by atoms with Crippen molar-refractivity contribution in [1.82, 2.24) is 0 Å². The fraction of sp³-hybridized carbons (Fsp3) is 0.875. The fourth-order valence-corrected chi connectivity index (χ4v) is 2.10. The fourth-order valence-electron chi connectivity index (χ4n) is 2.10. The van der Waals surface area contributed by atoms with Gasteiger partial charge in [0.1, 0.15) is 24.4 Å². The van der Waals surface area contributed by atoms with Gasteiger partial charge in [0.25, 0.3) is 0 Å². The van der Waals surface area contributed by atoms with E-state index in [1.54, 1.807) is 27.7 Å². The van der Waals surface area contributed by atoms with Gasteiger partial charge in [-0.2, -0.15) is 0 Å². The van der Waals surface area contributed by atoms with E-state index < -0.39 is 23.5 Å². The molecule has 0 radical (unpaired) electrons. The smallest absolute Gasteiger partial charge is 0.431 e. The summed E-state index contributed by atoms with van der Waals surface area (Å²) in [5.74, 6) is 0. The SMILES string of the molecule is CC(C)(CCCN=[N+]=[N-])OC(=O)OCCOC(=O)OC(C)(C)CCCN=[N+]=[N-]. The highest BCUT2D eigenvalue weighted by atomic mass is 16.8. The summed E-state index contributed by atoms with van der Waals surface area (Å²) in [6, 6.07) is 0. The lowest BCUT2D eigenvalue weighted by molar-refractivity contribution is -0.0430. The first-order valence-electron chi connectivity index (χ1n) is 8.85. The van der Waals surface area contributed by atoms with E-state index in [9.17, 15) is 9.59 Å². The van der Waals surface area contributed by atoms with Crippen molar-refractivity contribution >= 4 is 12.3 Å². The Morgan fingerprint density at radius 2 is 1.14 bits per heavy atom. The van der Waals surface area contributed by atoms with Gasteiger partial charge >= 0.3 is 12.3 Å². The van der Waals surface area contributed by atoms with Crippen molar-refractivity contribution in [2.45, 2.75) is 64.6 Å². The van der Waals surface area contributed by atoms with Crippen molar-refractivity contribution in [3.8, 4) is 0 Å². The molecule has 0 aromatic heterocycles. The van der Waals surface area contributed by atoms with Crippen LogP contribution in [0.2, 0.25) is 0 Å². The summed E-state index contributed by atoms with van der Waals surface area (Å²) < 4.78 is 20.0. The number of carbonyl (C=O) groups excluding carboxylic acids is 2. The van der Waals surface area contributed by atoms with Crippen LogP contribution in [0.5, 0.6) is 0 Å². The minimum atomic E-state index is -0.885. The maximum atomic E-state index is 11.7. The summed E-state index contributed by atoms with van der Waals surface area (Å²) in [6.07, 6.45) is 0.362. The van der Waals surface area contributed by atoms with Gasteiger partial charge in [0.2, 0.25) is 0 Å². The Labute approximate surface area is 163 Å². The van der Waals surface area contributed by atoms with Gasteiger partial charge in [-0.05, 0) is 64.4 Å². The number of rotatable bonds is 13. The molecule has 0 rings (SSSR count). The van der Waals surface area contributed by atoms with Gasteiger partial charge in [0, 0.05) is 22.9 Å². The maximum Gasteiger partial charge on any atom is 0.508 e. The van der Waals surface area contributed by atoms with Crippen molar-refractivity contribution in [1.29, 1.82) is 0 Å². The monoisotopic (exact) mass is 400 g/mol. The number of ether oxygens (including phenoxy) is 4. The number of carbonyl (C=O) groups is 2. The Hall–Kier alpha value is -2.84. The summed E-state index contributed by atoms with van der Waals surface area (Å²) in [7, 11) is 0. The Balaban J connectivity index is 4.00. The molecular weight excluding hydrogens is 372 g/mol. The van der Waals surface area contributed by atoms with Gasteiger partial charge in [-0.1, -0.05) is 10.2 Å². The molecule has 0 unspecified atom stereocenters. The summed E-state index contributed by atoms with van der Waals surface area (Å²) in [4.78, 5) is 28.6. The van der Waals surface area contributed by atoms with Gasteiger partial charge in [-0.3, -0.25) is 0 Å². The average molecular weight is 400 g/mol. The number of hydrogen-bond acceptors (Lipinski definition) is 8. The standard InChI is InChI=1S/C16H28N6O6/c1-15(2,7-5-9-19-21-17)27-13(23)25-11-12-26-14(24)28-16(3,4)8-6-10-20-22-18/h5-12H2,1-4H3. The molecule has 0 aromatic rings. The van der Waals surface area contributed by atoms with E-state index in [-0.39, 0.29) is 13.2 Å². The van der Waals surface area contributed by atoms with Crippen LogP contribution in [0.3, 0.4) is 0 Å². The zero-order valence-corrected chi connectivity index (χ0v) is 16.8. The highest BCUT2D eigenvalue weighted by Gasteiger charge is 2.25. The van der Waals surface area contributed by atoms with Gasteiger partial charge in [0.15, 0.2) is 0 Å². The topological polar surface area (TPSA) is 169 Å². The van der Waals surface area contributed by atoms with E-state index >= 15 is 0 Å². The van der Waals surface area contributed by atoms with E-state index in [1.807, 2.05) is 0 Å². The second-order valence-electron chi connectivity index (χ2n) is 7.04. The van der Waals surface area contributed by atoms with Crippen LogP contribution >= 0.6 is 0 Å². The molecule has 0 bridgehead atoms. The molecule has 0 aliphatic carbocycles. The Morgan fingerprint density at radius 1 is 0.786 bits per heavy atom. The normalized spacial score (nSPS) is 10.9. The molecule has 0 aromatic carbocycles. The Bertz CT molecular complexity index is 544. The average Bonchev–Trinajstić information content (AvgIpc) is 2.59. The number of nitrogens with zero attached hydrogens (tertiary/aromatic N) is 6. The van der Waals surface area contributed by atoms with E-state index in [4.69, 9.17) is 30.0 Å². The van der Waals surface area contributed by atoms with E-state index in [1.165, 1.54) is 0 Å². The van der Waals surface area contributed by atoms with Gasteiger partial charge in [-0.15, -0.1) is 0 Å². The molecule has 0 aliphatic rings. The lowest BCUT2D eigenvalue weighted by atomic mass is 10.0. The van der Waals surface area contributed by atoms with E-state index in [0.717, 1.165) is 0 Å². The zero-order chi connectivity index (χ0) is 21.5. The van der Waals surface area contributed by atoms with E-state index in [0.29, 0.717) is 38.8 Å². The van der Waals surface area contributed by atoms with Crippen LogP contribution in [0, 0.1) is 0 Å². The minimum Gasteiger partial charge on any atom is -0.431 e. The summed E-state index contributed by atoms with van der Waals surface area (Å²) in [5.41, 5.74) is 14.9. The molecule has 0 atom stereocenters. The first-order chi connectivity index (χ1) is 13.1. The Morgan fingerprint density at radius 3 is 1.46 bits per heavy atom. The maximum absolute atomic E-state index is 11.7. The lowest BCUT2D eigenvalue weighted by Crippen LogP contribution is -2.30. The number of azide groups is 2. The molecule has 0 saturated carbocycles. The molecule has 0 spiro atoms. The molecule has 0 saturated heterocycles. The van der Waals surface area contributed by atoms with Crippen molar-refractivity contribution in [3.63, 3.8) is 0 Å². The van der Waals surface area contributed by atoms with Crippen LogP contribution in [0.4, 0.5) is 9.59 Å².